The molecule has 0 radical (unpaired) electrons. The highest BCUT2D eigenvalue weighted by molar-refractivity contribution is 5.83. The van der Waals surface area contributed by atoms with Gasteiger partial charge in [-0.3, -0.25) is 14.5 Å². The minimum Gasteiger partial charge on any atom is -0.354 e. The largest absolute Gasteiger partial charge is 0.354 e. The second-order valence-corrected chi connectivity index (χ2v) is 6.41. The molecule has 126 valence electrons. The first-order chi connectivity index (χ1) is 11.0. The quantitative estimate of drug-likeness (QED) is 0.779. The highest BCUT2D eigenvalue weighted by Crippen LogP contribution is 2.19. The Morgan fingerprint density at radius 3 is 2.78 bits per heavy atom. The van der Waals surface area contributed by atoms with Crippen molar-refractivity contribution in [3.05, 3.63) is 35.4 Å². The van der Waals surface area contributed by atoms with E-state index in [9.17, 15) is 9.59 Å². The first-order valence-corrected chi connectivity index (χ1v) is 8.27. The molecule has 0 saturated carbocycles. The van der Waals surface area contributed by atoms with Crippen LogP contribution in [-0.4, -0.2) is 55.3 Å². The lowest BCUT2D eigenvalue weighted by molar-refractivity contribution is -0.127. The van der Waals surface area contributed by atoms with Crippen molar-refractivity contribution < 1.29 is 9.59 Å². The smallest absolute Gasteiger partial charge is 0.241 e. The topological polar surface area (TPSA) is 52.7 Å². The molecule has 0 unspecified atom stereocenters. The predicted octanol–water partition coefficient (Wildman–Crippen LogP) is 1.73. The molecule has 1 aromatic rings. The van der Waals surface area contributed by atoms with Crippen LogP contribution in [-0.2, 0) is 9.59 Å². The zero-order chi connectivity index (χ0) is 16.8. The number of hydrogen-bond acceptors (Lipinski definition) is 3. The van der Waals surface area contributed by atoms with E-state index in [1.165, 1.54) is 0 Å². The fourth-order valence-corrected chi connectivity index (χ4v) is 3.04. The first-order valence-electron chi connectivity index (χ1n) is 8.27. The molecular formula is C18H27N3O2. The van der Waals surface area contributed by atoms with Gasteiger partial charge in [0.05, 0.1) is 0 Å². The number of nitrogens with zero attached hydrogens (tertiary/aromatic N) is 2. The summed E-state index contributed by atoms with van der Waals surface area (Å²) < 4.78 is 0. The van der Waals surface area contributed by atoms with Crippen molar-refractivity contribution in [3.8, 4) is 0 Å². The van der Waals surface area contributed by atoms with Crippen LogP contribution in [0.4, 0.5) is 0 Å². The molecule has 1 saturated heterocycles. The molecule has 5 heteroatoms. The van der Waals surface area contributed by atoms with Crippen LogP contribution in [0.1, 0.15) is 36.4 Å². The van der Waals surface area contributed by atoms with Crippen LogP contribution in [0.5, 0.6) is 0 Å². The molecule has 1 fully saturated rings. The minimum atomic E-state index is -0.289. The summed E-state index contributed by atoms with van der Waals surface area (Å²) in [5.41, 5.74) is 2.15. The Balaban J connectivity index is 1.85. The number of likely N-dealkylation sites (N-methyl/N-ethyl adjacent to an activating group) is 1. The summed E-state index contributed by atoms with van der Waals surface area (Å²) in [5, 5.41) is 3.00. The first kappa shape index (κ1) is 17.5. The van der Waals surface area contributed by atoms with E-state index >= 15 is 0 Å². The molecule has 0 bridgehead atoms. The number of amides is 2. The van der Waals surface area contributed by atoms with Gasteiger partial charge in [-0.25, -0.2) is 0 Å². The monoisotopic (exact) mass is 317 g/mol. The summed E-state index contributed by atoms with van der Waals surface area (Å²) >= 11 is 0. The summed E-state index contributed by atoms with van der Waals surface area (Å²) in [4.78, 5) is 27.9. The summed E-state index contributed by atoms with van der Waals surface area (Å²) in [7, 11) is 3.82. The number of benzene rings is 1. The molecular weight excluding hydrogens is 290 g/mol. The third kappa shape index (κ3) is 4.79. The number of carbonyl (C=O) groups is 2. The Labute approximate surface area is 138 Å². The molecule has 5 nitrogen and oxygen atoms in total. The maximum atomic E-state index is 12.5. The van der Waals surface area contributed by atoms with E-state index in [1.807, 2.05) is 55.1 Å². The van der Waals surface area contributed by atoms with E-state index < -0.39 is 0 Å². The zero-order valence-electron chi connectivity index (χ0n) is 14.3. The summed E-state index contributed by atoms with van der Waals surface area (Å²) in [6.45, 7) is 4.21. The van der Waals surface area contributed by atoms with Gasteiger partial charge in [0.15, 0.2) is 0 Å². The van der Waals surface area contributed by atoms with Crippen LogP contribution in [0.15, 0.2) is 24.3 Å². The highest BCUT2D eigenvalue weighted by atomic mass is 16.2. The highest BCUT2D eigenvalue weighted by Gasteiger charge is 2.23. The van der Waals surface area contributed by atoms with Crippen LogP contribution >= 0.6 is 0 Å². The Morgan fingerprint density at radius 1 is 1.39 bits per heavy atom. The molecule has 23 heavy (non-hydrogen) atoms. The summed E-state index contributed by atoms with van der Waals surface area (Å²) in [6.07, 6.45) is 2.43. The molecule has 2 rings (SSSR count). The van der Waals surface area contributed by atoms with Crippen molar-refractivity contribution in [3.63, 3.8) is 0 Å². The second kappa shape index (κ2) is 8.11. The third-order valence-corrected chi connectivity index (χ3v) is 4.20. The molecule has 1 aliphatic heterocycles. The van der Waals surface area contributed by atoms with Crippen LogP contribution in [0.2, 0.25) is 0 Å². The Hall–Kier alpha value is -1.88. The lowest BCUT2D eigenvalue weighted by Gasteiger charge is -2.24. The van der Waals surface area contributed by atoms with Crippen molar-refractivity contribution in [2.45, 2.75) is 32.2 Å². The molecule has 0 spiro atoms. The van der Waals surface area contributed by atoms with Gasteiger partial charge in [-0.15, -0.1) is 0 Å². The van der Waals surface area contributed by atoms with Crippen molar-refractivity contribution >= 4 is 11.8 Å². The number of nitrogens with one attached hydrogen (secondary N) is 1. The van der Waals surface area contributed by atoms with E-state index in [0.29, 0.717) is 13.0 Å². The van der Waals surface area contributed by atoms with Gasteiger partial charge in [0.25, 0.3) is 0 Å². The lowest BCUT2D eigenvalue weighted by Crippen LogP contribution is -2.38. The Morgan fingerprint density at radius 2 is 2.17 bits per heavy atom. The maximum Gasteiger partial charge on any atom is 0.241 e. The Kier molecular flexibility index (Phi) is 6.16. The van der Waals surface area contributed by atoms with Crippen LogP contribution < -0.4 is 5.32 Å². The zero-order valence-corrected chi connectivity index (χ0v) is 14.3. The summed E-state index contributed by atoms with van der Waals surface area (Å²) in [6, 6.07) is 7.75. The molecule has 1 heterocycles. The van der Waals surface area contributed by atoms with Crippen molar-refractivity contribution in [1.29, 1.82) is 0 Å². The normalized spacial score (nSPS) is 16.0. The van der Waals surface area contributed by atoms with Gasteiger partial charge in [0.1, 0.15) is 6.04 Å². The third-order valence-electron chi connectivity index (χ3n) is 4.20. The number of carbonyl (C=O) groups excluding carboxylic acids is 2. The number of aryl methyl sites for hydroxylation is 1. The van der Waals surface area contributed by atoms with Crippen molar-refractivity contribution in [1.82, 2.24) is 15.1 Å². The fraction of sp³-hybridized carbons (Fsp3) is 0.556. The number of likely N-dealkylation sites (tertiary alicyclic amines) is 1. The molecule has 1 atom stereocenters. The average molecular weight is 317 g/mol. The maximum absolute atomic E-state index is 12.5. The van der Waals surface area contributed by atoms with Gasteiger partial charge < -0.3 is 10.2 Å². The van der Waals surface area contributed by atoms with E-state index in [0.717, 1.165) is 37.1 Å². The van der Waals surface area contributed by atoms with Gasteiger partial charge in [-0.05, 0) is 39.4 Å². The fourth-order valence-electron chi connectivity index (χ4n) is 3.04. The lowest BCUT2D eigenvalue weighted by atomic mass is 10.0. The average Bonchev–Trinajstić information content (AvgIpc) is 2.89. The van der Waals surface area contributed by atoms with Gasteiger partial charge in [0.2, 0.25) is 11.8 Å². The van der Waals surface area contributed by atoms with Gasteiger partial charge in [0, 0.05) is 26.1 Å². The predicted molar refractivity (Wildman–Crippen MR) is 91.0 cm³/mol. The van der Waals surface area contributed by atoms with Gasteiger partial charge in [-0.2, -0.15) is 0 Å². The minimum absolute atomic E-state index is 0.00773. The molecule has 1 aliphatic rings. The van der Waals surface area contributed by atoms with Crippen LogP contribution in [0.25, 0.3) is 0 Å². The van der Waals surface area contributed by atoms with E-state index in [-0.39, 0.29) is 17.9 Å². The molecule has 2 amide bonds. The number of rotatable bonds is 7. The molecule has 1 N–H and O–H groups in total. The van der Waals surface area contributed by atoms with Crippen molar-refractivity contribution in [2.75, 3.05) is 33.7 Å². The van der Waals surface area contributed by atoms with Gasteiger partial charge >= 0.3 is 0 Å². The van der Waals surface area contributed by atoms with Crippen LogP contribution in [0.3, 0.4) is 0 Å². The number of hydrogen-bond donors (Lipinski definition) is 1. The van der Waals surface area contributed by atoms with Crippen LogP contribution in [0, 0.1) is 6.92 Å². The summed E-state index contributed by atoms with van der Waals surface area (Å²) in [5.74, 6) is 0.246. The van der Waals surface area contributed by atoms with E-state index in [1.54, 1.807) is 0 Å². The standard InChI is InChI=1S/C18H27N3O2/c1-14-7-4-8-15(13-14)17(20(2)3)18(23)19-10-6-12-21-11-5-9-16(21)22/h4,7-8,13,17H,5-6,9-12H2,1-3H3,(H,19,23)/t17-/m0/s1. The Bertz CT molecular complexity index is 557. The van der Waals surface area contributed by atoms with E-state index in [2.05, 4.69) is 5.32 Å². The molecule has 0 aliphatic carbocycles. The van der Waals surface area contributed by atoms with Gasteiger partial charge in [-0.1, -0.05) is 29.8 Å². The van der Waals surface area contributed by atoms with Crippen molar-refractivity contribution in [2.24, 2.45) is 0 Å². The van der Waals surface area contributed by atoms with E-state index in [4.69, 9.17) is 0 Å². The second-order valence-electron chi connectivity index (χ2n) is 6.41. The molecule has 1 aromatic carbocycles. The molecule has 0 aromatic heterocycles. The SMILES string of the molecule is Cc1cccc([C@@H](C(=O)NCCCN2CCCC2=O)N(C)C)c1.